The molecule has 0 saturated heterocycles. The number of halogens is 2. The van der Waals surface area contributed by atoms with Crippen LogP contribution in [0.3, 0.4) is 0 Å². The first kappa shape index (κ1) is 21.5. The third-order valence-corrected chi connectivity index (χ3v) is 5.88. The molecule has 0 atom stereocenters. The quantitative estimate of drug-likeness (QED) is 0.218. The number of benzene rings is 2. The van der Waals surface area contributed by atoms with Crippen LogP contribution < -0.4 is 9.47 Å². The van der Waals surface area contributed by atoms with E-state index in [-0.39, 0.29) is 29.7 Å². The minimum atomic E-state index is -0.534. The number of carbonyl (C=O) groups excluding carboxylic acids is 2. The van der Waals surface area contributed by atoms with E-state index in [2.05, 4.69) is 43.5 Å². The highest BCUT2D eigenvalue weighted by Crippen LogP contribution is 2.37. The minimum absolute atomic E-state index is 0.170. The van der Waals surface area contributed by atoms with Crippen molar-refractivity contribution in [2.75, 3.05) is 7.11 Å². The Kier molecular flexibility index (Phi) is 6.74. The lowest BCUT2D eigenvalue weighted by molar-refractivity contribution is -0.134. The lowest BCUT2D eigenvalue weighted by Crippen LogP contribution is -2.07. The molecule has 0 spiro atoms. The van der Waals surface area contributed by atoms with Crippen molar-refractivity contribution in [3.05, 3.63) is 60.8 Å². The van der Waals surface area contributed by atoms with Crippen LogP contribution >= 0.6 is 38.5 Å². The second-order valence-corrected chi connectivity index (χ2v) is 8.18. The number of hydrogen-bond donors (Lipinski definition) is 0. The SMILES string of the molecule is CCC(=O)Oc1c(Br)cc(/C=C2\N=C(c3ccc(I)c(C)c3)OC2=O)cc1OC. The van der Waals surface area contributed by atoms with Gasteiger partial charge in [0.2, 0.25) is 5.90 Å². The Labute approximate surface area is 190 Å². The summed E-state index contributed by atoms with van der Waals surface area (Å²) in [5, 5.41) is 0. The largest absolute Gasteiger partial charge is 0.493 e. The summed E-state index contributed by atoms with van der Waals surface area (Å²) in [5.41, 5.74) is 2.62. The van der Waals surface area contributed by atoms with Crippen LogP contribution in [0, 0.1) is 10.5 Å². The van der Waals surface area contributed by atoms with Gasteiger partial charge >= 0.3 is 11.9 Å². The highest BCUT2D eigenvalue weighted by Gasteiger charge is 2.25. The summed E-state index contributed by atoms with van der Waals surface area (Å²) in [4.78, 5) is 28.3. The van der Waals surface area contributed by atoms with Crippen molar-refractivity contribution in [3.63, 3.8) is 0 Å². The average molecular weight is 570 g/mol. The zero-order valence-corrected chi connectivity index (χ0v) is 19.7. The van der Waals surface area contributed by atoms with Crippen molar-refractivity contribution in [1.82, 2.24) is 0 Å². The van der Waals surface area contributed by atoms with E-state index in [4.69, 9.17) is 14.2 Å². The van der Waals surface area contributed by atoms with Crippen LogP contribution in [0.4, 0.5) is 0 Å². The molecule has 1 aliphatic rings. The van der Waals surface area contributed by atoms with Gasteiger partial charge in [-0.1, -0.05) is 6.92 Å². The van der Waals surface area contributed by atoms with Gasteiger partial charge < -0.3 is 14.2 Å². The van der Waals surface area contributed by atoms with E-state index in [0.717, 1.165) is 14.7 Å². The van der Waals surface area contributed by atoms with E-state index in [1.165, 1.54) is 7.11 Å². The summed E-state index contributed by atoms with van der Waals surface area (Å²) in [6, 6.07) is 9.10. The van der Waals surface area contributed by atoms with Crippen molar-refractivity contribution in [2.45, 2.75) is 20.3 Å². The molecule has 0 bridgehead atoms. The molecule has 2 aromatic rings. The summed E-state index contributed by atoms with van der Waals surface area (Å²) in [5.74, 6) is -0.00417. The van der Waals surface area contributed by atoms with Gasteiger partial charge in [-0.25, -0.2) is 9.79 Å². The van der Waals surface area contributed by atoms with E-state index in [0.29, 0.717) is 15.8 Å². The average Bonchev–Trinajstić information content (AvgIpc) is 3.05. The van der Waals surface area contributed by atoms with Crippen LogP contribution in [0.5, 0.6) is 11.5 Å². The Morgan fingerprint density at radius 1 is 1.31 bits per heavy atom. The number of methoxy groups -OCH3 is 1. The minimum Gasteiger partial charge on any atom is -0.493 e. The van der Waals surface area contributed by atoms with Crippen molar-refractivity contribution in [2.24, 2.45) is 4.99 Å². The molecule has 6 nitrogen and oxygen atoms in total. The molecule has 0 saturated carbocycles. The molecular formula is C21H17BrINO5. The third-order valence-electron chi connectivity index (χ3n) is 4.09. The Bertz CT molecular complexity index is 1060. The van der Waals surface area contributed by atoms with Crippen molar-refractivity contribution in [3.8, 4) is 11.5 Å². The van der Waals surface area contributed by atoms with Gasteiger partial charge in [-0.2, -0.15) is 0 Å². The van der Waals surface area contributed by atoms with Gasteiger partial charge in [0, 0.05) is 15.6 Å². The predicted molar refractivity (Wildman–Crippen MR) is 121 cm³/mol. The first-order valence-corrected chi connectivity index (χ1v) is 10.6. The van der Waals surface area contributed by atoms with Crippen LogP contribution in [0.25, 0.3) is 6.08 Å². The standard InChI is InChI=1S/C21H17BrINO5/c1-4-18(25)28-19-14(22)8-12(10-17(19)27-3)9-16-21(26)29-20(24-16)13-5-6-15(23)11(2)7-13/h5-10H,4H2,1-3H3/b16-9-. The number of cyclic esters (lactones) is 1. The molecule has 29 heavy (non-hydrogen) atoms. The molecule has 1 aliphatic heterocycles. The molecule has 3 rings (SSSR count). The van der Waals surface area contributed by atoms with Crippen molar-refractivity contribution >= 4 is 62.4 Å². The lowest BCUT2D eigenvalue weighted by Gasteiger charge is -2.11. The van der Waals surface area contributed by atoms with Crippen LogP contribution in [0.1, 0.15) is 30.0 Å². The maximum atomic E-state index is 12.3. The molecule has 0 aliphatic carbocycles. The fraction of sp³-hybridized carbons (Fsp3) is 0.190. The molecule has 0 amide bonds. The van der Waals surface area contributed by atoms with Gasteiger partial charge in [0.1, 0.15) is 0 Å². The molecular weight excluding hydrogens is 553 g/mol. The molecule has 2 aromatic carbocycles. The first-order chi connectivity index (χ1) is 13.8. The van der Waals surface area contributed by atoms with E-state index in [9.17, 15) is 9.59 Å². The third kappa shape index (κ3) is 4.87. The maximum absolute atomic E-state index is 12.3. The Balaban J connectivity index is 1.95. The number of nitrogens with zero attached hydrogens (tertiary/aromatic N) is 1. The summed E-state index contributed by atoms with van der Waals surface area (Å²) in [6.07, 6.45) is 1.83. The smallest absolute Gasteiger partial charge is 0.363 e. The molecule has 0 N–H and O–H groups in total. The lowest BCUT2D eigenvalue weighted by atomic mass is 10.1. The first-order valence-electron chi connectivity index (χ1n) is 8.69. The fourth-order valence-electron chi connectivity index (χ4n) is 2.58. The van der Waals surface area contributed by atoms with Gasteiger partial charge in [0.25, 0.3) is 0 Å². The number of carbonyl (C=O) groups is 2. The van der Waals surface area contributed by atoms with Crippen LogP contribution in [-0.4, -0.2) is 24.9 Å². The highest BCUT2D eigenvalue weighted by molar-refractivity contribution is 14.1. The van der Waals surface area contributed by atoms with Crippen LogP contribution in [0.2, 0.25) is 0 Å². The van der Waals surface area contributed by atoms with Gasteiger partial charge in [-0.05, 0) is 93.0 Å². The Morgan fingerprint density at radius 3 is 2.72 bits per heavy atom. The summed E-state index contributed by atoms with van der Waals surface area (Å²) in [6.45, 7) is 3.69. The number of hydrogen-bond acceptors (Lipinski definition) is 6. The maximum Gasteiger partial charge on any atom is 0.363 e. The monoisotopic (exact) mass is 569 g/mol. The van der Waals surface area contributed by atoms with Crippen LogP contribution in [-0.2, 0) is 14.3 Å². The topological polar surface area (TPSA) is 74.2 Å². The molecule has 1 heterocycles. The number of aliphatic imine (C=N–C) groups is 1. The van der Waals surface area contributed by atoms with Gasteiger partial charge in [-0.15, -0.1) is 0 Å². The summed E-state index contributed by atoms with van der Waals surface area (Å²) < 4.78 is 17.6. The zero-order chi connectivity index (χ0) is 21.1. The molecule has 150 valence electrons. The second kappa shape index (κ2) is 9.08. The summed E-state index contributed by atoms with van der Waals surface area (Å²) >= 11 is 5.63. The summed E-state index contributed by atoms with van der Waals surface area (Å²) in [7, 11) is 1.47. The highest BCUT2D eigenvalue weighted by atomic mass is 127. The Morgan fingerprint density at radius 2 is 2.07 bits per heavy atom. The number of aryl methyl sites for hydroxylation is 1. The molecule has 0 radical (unpaired) electrons. The fourth-order valence-corrected chi connectivity index (χ4v) is 3.45. The van der Waals surface area contributed by atoms with Gasteiger partial charge in [-0.3, -0.25) is 4.79 Å². The molecule has 0 fully saturated rings. The van der Waals surface area contributed by atoms with Gasteiger partial charge in [0.15, 0.2) is 17.2 Å². The van der Waals surface area contributed by atoms with Gasteiger partial charge in [0.05, 0.1) is 11.6 Å². The van der Waals surface area contributed by atoms with Crippen molar-refractivity contribution < 1.29 is 23.8 Å². The second-order valence-electron chi connectivity index (χ2n) is 6.16. The van der Waals surface area contributed by atoms with Crippen molar-refractivity contribution in [1.29, 1.82) is 0 Å². The number of ether oxygens (including phenoxy) is 3. The Hall–Kier alpha value is -2.20. The predicted octanol–water partition coefficient (Wildman–Crippen LogP) is 5.03. The molecule has 0 aromatic heterocycles. The van der Waals surface area contributed by atoms with Crippen LogP contribution in [0.15, 0.2) is 45.5 Å². The number of esters is 2. The number of rotatable bonds is 5. The van der Waals surface area contributed by atoms with E-state index < -0.39 is 5.97 Å². The normalized spacial score (nSPS) is 14.6. The molecule has 8 heteroatoms. The zero-order valence-electron chi connectivity index (χ0n) is 15.9. The van der Waals surface area contributed by atoms with E-state index >= 15 is 0 Å². The van der Waals surface area contributed by atoms with E-state index in [1.807, 2.05) is 25.1 Å². The molecule has 0 unspecified atom stereocenters. The van der Waals surface area contributed by atoms with E-state index in [1.54, 1.807) is 25.1 Å².